The molecule has 2 aromatic rings. The van der Waals surface area contributed by atoms with E-state index in [1.807, 2.05) is 0 Å². The maximum absolute atomic E-state index is 13.0. The van der Waals surface area contributed by atoms with Crippen molar-refractivity contribution in [3.05, 3.63) is 35.5 Å². The number of aromatic nitrogens is 1. The Kier molecular flexibility index (Phi) is 3.62. The number of likely N-dealkylation sites (N-methyl/N-ethyl adjacent to an activating group) is 1. The third kappa shape index (κ3) is 2.52. The normalized spacial score (nSPS) is 25.5. The van der Waals surface area contributed by atoms with Crippen molar-refractivity contribution in [1.82, 2.24) is 9.88 Å². The van der Waals surface area contributed by atoms with Crippen LogP contribution in [0.5, 0.6) is 0 Å². The van der Waals surface area contributed by atoms with Crippen molar-refractivity contribution in [3.8, 4) is 11.3 Å². The molecule has 3 nitrogen and oxygen atoms in total. The largest absolute Gasteiger partial charge is 0.346 e. The van der Waals surface area contributed by atoms with Gasteiger partial charge in [0, 0.05) is 36.1 Å². The van der Waals surface area contributed by atoms with Crippen LogP contribution in [0.2, 0.25) is 0 Å². The second-order valence-corrected chi connectivity index (χ2v) is 7.14. The van der Waals surface area contributed by atoms with E-state index in [9.17, 15) is 4.39 Å². The Labute approximate surface area is 134 Å². The van der Waals surface area contributed by atoms with Gasteiger partial charge in [0.15, 0.2) is 5.13 Å². The van der Waals surface area contributed by atoms with Gasteiger partial charge in [0.2, 0.25) is 0 Å². The Morgan fingerprint density at radius 3 is 2.73 bits per heavy atom. The molecule has 2 fully saturated rings. The van der Waals surface area contributed by atoms with Gasteiger partial charge in [-0.25, -0.2) is 9.37 Å². The fraction of sp³-hybridized carbons (Fsp3) is 0.471. The Balaban J connectivity index is 1.55. The summed E-state index contributed by atoms with van der Waals surface area (Å²) in [7, 11) is 2.26. The predicted molar refractivity (Wildman–Crippen MR) is 88.9 cm³/mol. The van der Waals surface area contributed by atoms with Crippen molar-refractivity contribution < 1.29 is 4.39 Å². The number of nitrogens with zero attached hydrogens (tertiary/aromatic N) is 3. The van der Waals surface area contributed by atoms with Crippen LogP contribution in [0, 0.1) is 5.82 Å². The van der Waals surface area contributed by atoms with Crippen molar-refractivity contribution in [2.75, 3.05) is 25.0 Å². The van der Waals surface area contributed by atoms with E-state index in [1.165, 1.54) is 31.4 Å². The Morgan fingerprint density at radius 1 is 1.14 bits per heavy atom. The predicted octanol–water partition coefficient (Wildman–Crippen LogP) is 3.62. The van der Waals surface area contributed by atoms with Gasteiger partial charge >= 0.3 is 0 Å². The Morgan fingerprint density at radius 2 is 1.91 bits per heavy atom. The molecule has 116 valence electrons. The van der Waals surface area contributed by atoms with Crippen molar-refractivity contribution in [3.63, 3.8) is 0 Å². The van der Waals surface area contributed by atoms with Gasteiger partial charge in [0.05, 0.1) is 5.69 Å². The fourth-order valence-electron chi connectivity index (χ4n) is 3.65. The highest BCUT2D eigenvalue weighted by molar-refractivity contribution is 7.14. The molecule has 22 heavy (non-hydrogen) atoms. The van der Waals surface area contributed by atoms with Crippen LogP contribution in [0.3, 0.4) is 0 Å². The highest BCUT2D eigenvalue weighted by atomic mass is 32.1. The zero-order chi connectivity index (χ0) is 15.1. The number of benzene rings is 1. The molecular formula is C17H20FN3S. The highest BCUT2D eigenvalue weighted by Crippen LogP contribution is 2.33. The van der Waals surface area contributed by atoms with Crippen LogP contribution < -0.4 is 4.90 Å². The van der Waals surface area contributed by atoms with Crippen LogP contribution in [0.15, 0.2) is 29.6 Å². The molecule has 0 radical (unpaired) electrons. The summed E-state index contributed by atoms with van der Waals surface area (Å²) in [5.41, 5.74) is 1.93. The van der Waals surface area contributed by atoms with E-state index in [2.05, 4.69) is 22.2 Å². The maximum Gasteiger partial charge on any atom is 0.185 e. The molecule has 4 rings (SSSR count). The number of fused-ring (bicyclic) bond motifs is 2. The van der Waals surface area contributed by atoms with Gasteiger partial charge in [-0.1, -0.05) is 0 Å². The molecule has 1 aromatic carbocycles. The van der Waals surface area contributed by atoms with Gasteiger partial charge in [0.1, 0.15) is 5.82 Å². The zero-order valence-electron chi connectivity index (χ0n) is 12.7. The summed E-state index contributed by atoms with van der Waals surface area (Å²) in [4.78, 5) is 9.77. The number of hydrogen-bond donors (Lipinski definition) is 0. The molecule has 5 heteroatoms. The summed E-state index contributed by atoms with van der Waals surface area (Å²) in [5.74, 6) is -0.203. The van der Waals surface area contributed by atoms with Crippen LogP contribution >= 0.6 is 11.3 Å². The van der Waals surface area contributed by atoms with Gasteiger partial charge in [0.25, 0.3) is 0 Å². The van der Waals surface area contributed by atoms with E-state index < -0.39 is 0 Å². The topological polar surface area (TPSA) is 19.4 Å². The lowest BCUT2D eigenvalue weighted by molar-refractivity contribution is 0.254. The van der Waals surface area contributed by atoms with Crippen molar-refractivity contribution in [2.45, 2.75) is 31.3 Å². The highest BCUT2D eigenvalue weighted by Gasteiger charge is 2.35. The van der Waals surface area contributed by atoms with Crippen LogP contribution in [-0.4, -0.2) is 42.1 Å². The van der Waals surface area contributed by atoms with Gasteiger partial charge < -0.3 is 4.90 Å². The van der Waals surface area contributed by atoms with Gasteiger partial charge in [-0.05, 0) is 50.6 Å². The van der Waals surface area contributed by atoms with E-state index in [0.29, 0.717) is 6.04 Å². The van der Waals surface area contributed by atoms with Gasteiger partial charge in [-0.3, -0.25) is 4.90 Å². The van der Waals surface area contributed by atoms with E-state index in [-0.39, 0.29) is 5.82 Å². The van der Waals surface area contributed by atoms with Crippen molar-refractivity contribution in [1.29, 1.82) is 0 Å². The first-order valence-corrected chi connectivity index (χ1v) is 8.77. The first-order chi connectivity index (χ1) is 10.7. The first kappa shape index (κ1) is 14.2. The average Bonchev–Trinajstić information content (AvgIpc) is 3.06. The molecule has 2 unspecified atom stereocenters. The molecule has 0 amide bonds. The summed E-state index contributed by atoms with van der Waals surface area (Å²) in [5, 5.41) is 3.18. The number of anilines is 1. The van der Waals surface area contributed by atoms with Crippen LogP contribution in [0.1, 0.15) is 19.3 Å². The van der Waals surface area contributed by atoms with Crippen LogP contribution in [-0.2, 0) is 0 Å². The third-order valence-electron chi connectivity index (χ3n) is 5.05. The number of hydrogen-bond acceptors (Lipinski definition) is 4. The lowest BCUT2D eigenvalue weighted by Crippen LogP contribution is -2.36. The lowest BCUT2D eigenvalue weighted by atomic mass is 10.1. The number of thiazole rings is 1. The molecule has 3 heterocycles. The SMILES string of the molecule is CN1C2CCC1CN(c1nc(-c3ccc(F)cc3)cs1)CC2. The molecule has 2 aliphatic rings. The van der Waals surface area contributed by atoms with Crippen molar-refractivity contribution in [2.24, 2.45) is 0 Å². The van der Waals surface area contributed by atoms with Gasteiger partial charge in [-0.2, -0.15) is 0 Å². The summed E-state index contributed by atoms with van der Waals surface area (Å²) in [6, 6.07) is 7.98. The summed E-state index contributed by atoms with van der Waals surface area (Å²) < 4.78 is 13.0. The maximum atomic E-state index is 13.0. The fourth-order valence-corrected chi connectivity index (χ4v) is 4.52. The monoisotopic (exact) mass is 317 g/mol. The second-order valence-electron chi connectivity index (χ2n) is 6.31. The molecule has 2 atom stereocenters. The Bertz CT molecular complexity index is 654. The van der Waals surface area contributed by atoms with E-state index in [0.717, 1.165) is 35.5 Å². The molecule has 2 saturated heterocycles. The zero-order valence-corrected chi connectivity index (χ0v) is 13.5. The summed E-state index contributed by atoms with van der Waals surface area (Å²) in [6.45, 7) is 2.16. The molecule has 1 aromatic heterocycles. The minimum Gasteiger partial charge on any atom is -0.346 e. The van der Waals surface area contributed by atoms with Crippen molar-refractivity contribution >= 4 is 16.5 Å². The van der Waals surface area contributed by atoms with E-state index in [4.69, 9.17) is 4.98 Å². The molecular weight excluding hydrogens is 297 g/mol. The third-order valence-corrected chi connectivity index (χ3v) is 5.95. The lowest BCUT2D eigenvalue weighted by Gasteiger charge is -2.25. The molecule has 0 spiro atoms. The van der Waals surface area contributed by atoms with Crippen LogP contribution in [0.25, 0.3) is 11.3 Å². The average molecular weight is 317 g/mol. The molecule has 0 saturated carbocycles. The molecule has 0 aliphatic carbocycles. The number of halogens is 1. The standard InChI is InChI=1S/C17H20FN3S/c1-20-14-6-7-15(20)10-21(9-8-14)17-19-16(11-22-17)12-2-4-13(18)5-3-12/h2-5,11,14-15H,6-10H2,1H3. The number of rotatable bonds is 2. The minimum absolute atomic E-state index is 0.203. The van der Waals surface area contributed by atoms with Crippen LogP contribution in [0.4, 0.5) is 9.52 Å². The first-order valence-electron chi connectivity index (χ1n) is 7.89. The molecule has 0 N–H and O–H groups in total. The second kappa shape index (κ2) is 5.63. The molecule has 2 aliphatic heterocycles. The smallest absolute Gasteiger partial charge is 0.185 e. The summed E-state index contributed by atoms with van der Waals surface area (Å²) >= 11 is 1.70. The minimum atomic E-state index is -0.203. The van der Waals surface area contributed by atoms with Gasteiger partial charge in [-0.15, -0.1) is 11.3 Å². The van der Waals surface area contributed by atoms with E-state index in [1.54, 1.807) is 23.5 Å². The summed E-state index contributed by atoms with van der Waals surface area (Å²) in [6.07, 6.45) is 3.86. The van der Waals surface area contributed by atoms with E-state index >= 15 is 0 Å². The Hall–Kier alpha value is -1.46. The quantitative estimate of drug-likeness (QED) is 0.843. The molecule has 2 bridgehead atoms.